The van der Waals surface area contributed by atoms with E-state index in [1.54, 1.807) is 0 Å². The van der Waals surface area contributed by atoms with Gasteiger partial charge in [-0.2, -0.15) is 0 Å². The Balaban J connectivity index is -0.000000157. The Morgan fingerprint density at radius 3 is 0.467 bits per heavy atom. The molecule has 0 spiro atoms. The molecule has 0 aromatic rings. The van der Waals surface area contributed by atoms with E-state index in [-0.39, 0.29) is 52.3 Å². The SMILES string of the molecule is COC(CCC[O-])(OC)OC.COC(CCC[O-])(OC)OC.COC(CCC[O-])(OC)OC.COC(CCC[O-])(OC)OC.[Hf+4]. The molecule has 0 aliphatic rings. The second-order valence-corrected chi connectivity index (χ2v) is 8.41. The molecule has 0 N–H and O–H groups in total. The maximum absolute atomic E-state index is 10.2. The molecule has 272 valence electrons. The summed E-state index contributed by atoms with van der Waals surface area (Å²) in [5.41, 5.74) is 0. The van der Waals surface area contributed by atoms with Crippen LogP contribution in [0.15, 0.2) is 0 Å². The molecule has 0 aromatic heterocycles. The van der Waals surface area contributed by atoms with Crippen LogP contribution in [0.2, 0.25) is 0 Å². The largest absolute Gasteiger partial charge is 4.00 e. The third kappa shape index (κ3) is 24.9. The van der Waals surface area contributed by atoms with E-state index >= 15 is 0 Å². The third-order valence-corrected chi connectivity index (χ3v) is 6.24. The van der Waals surface area contributed by atoms with E-state index in [2.05, 4.69) is 0 Å². The molecule has 0 fully saturated rings. The first-order valence-electron chi connectivity index (χ1n) is 13.9. The minimum absolute atomic E-state index is 0. The number of hydrogen-bond donors (Lipinski definition) is 0. The van der Waals surface area contributed by atoms with Crippen LogP contribution in [0.5, 0.6) is 0 Å². The van der Waals surface area contributed by atoms with Crippen molar-refractivity contribution in [2.75, 3.05) is 112 Å². The molecule has 0 saturated carbocycles. The van der Waals surface area contributed by atoms with Gasteiger partial charge in [-0.3, -0.25) is 0 Å². The zero-order valence-corrected chi connectivity index (χ0v) is 33.1. The van der Waals surface area contributed by atoms with Crippen molar-refractivity contribution in [3.63, 3.8) is 0 Å². The molecule has 45 heavy (non-hydrogen) atoms. The third-order valence-electron chi connectivity index (χ3n) is 6.24. The summed E-state index contributed by atoms with van der Waals surface area (Å²) in [5.74, 6) is -4.09. The average Bonchev–Trinajstić information content (AvgIpc) is 3.09. The van der Waals surface area contributed by atoms with Crippen LogP contribution in [0.1, 0.15) is 51.4 Å². The van der Waals surface area contributed by atoms with Gasteiger partial charge < -0.3 is 77.3 Å². The first-order valence-corrected chi connectivity index (χ1v) is 13.9. The van der Waals surface area contributed by atoms with Gasteiger partial charge in [0.25, 0.3) is 23.9 Å². The van der Waals surface area contributed by atoms with Crippen molar-refractivity contribution < 1.29 is 103 Å². The van der Waals surface area contributed by atoms with Crippen LogP contribution in [0.25, 0.3) is 0 Å². The van der Waals surface area contributed by atoms with Crippen molar-refractivity contribution >= 4 is 0 Å². The Morgan fingerprint density at radius 2 is 0.400 bits per heavy atom. The molecule has 0 amide bonds. The number of rotatable bonds is 24. The molecule has 0 heterocycles. The molecule has 16 nitrogen and oxygen atoms in total. The van der Waals surface area contributed by atoms with Crippen LogP contribution in [0.4, 0.5) is 0 Å². The van der Waals surface area contributed by atoms with E-state index in [0.717, 1.165) is 0 Å². The fourth-order valence-electron chi connectivity index (χ4n) is 3.38. The predicted molar refractivity (Wildman–Crippen MR) is 151 cm³/mol. The smallest absolute Gasteiger partial charge is 0.854 e. The van der Waals surface area contributed by atoms with Crippen molar-refractivity contribution in [1.82, 2.24) is 0 Å². The standard InChI is InChI=1S/4C7H15O4.Hf/c4*1-9-7(10-2,11-3)5-4-6-8;/h4*4-6H2,1-3H3;/q4*-1;+4. The van der Waals surface area contributed by atoms with Gasteiger partial charge in [0.1, 0.15) is 0 Å². The molecule has 0 aromatic carbocycles. The van der Waals surface area contributed by atoms with E-state index in [4.69, 9.17) is 56.8 Å². The molecule has 0 aliphatic carbocycles. The summed E-state index contributed by atoms with van der Waals surface area (Å²) < 4.78 is 59.5. The summed E-state index contributed by atoms with van der Waals surface area (Å²) in [5, 5.41) is 40.6. The summed E-state index contributed by atoms with van der Waals surface area (Å²) >= 11 is 0. The Labute approximate surface area is 289 Å². The Kier molecular flexibility index (Phi) is 43.2. The van der Waals surface area contributed by atoms with E-state index in [1.807, 2.05) is 0 Å². The van der Waals surface area contributed by atoms with Crippen LogP contribution in [0, 0.1) is 0 Å². The number of methoxy groups -OCH3 is 12. The first kappa shape index (κ1) is 54.7. The van der Waals surface area contributed by atoms with Crippen molar-refractivity contribution in [1.29, 1.82) is 0 Å². The van der Waals surface area contributed by atoms with Crippen LogP contribution in [-0.4, -0.2) is 136 Å². The monoisotopic (exact) mass is 832 g/mol. The molecule has 0 rings (SSSR count). The average molecular weight is 831 g/mol. The van der Waals surface area contributed by atoms with E-state index in [9.17, 15) is 20.4 Å². The summed E-state index contributed by atoms with van der Waals surface area (Å²) in [7, 11) is 17.8. The van der Waals surface area contributed by atoms with E-state index < -0.39 is 23.9 Å². The molecular weight excluding hydrogens is 771 g/mol. The molecule has 0 saturated heterocycles. The molecule has 0 aliphatic heterocycles. The van der Waals surface area contributed by atoms with E-state index in [0.29, 0.717) is 51.4 Å². The topological polar surface area (TPSA) is 203 Å². The molecule has 0 radical (unpaired) electrons. The Hall–Kier alpha value is 0.230. The van der Waals surface area contributed by atoms with Gasteiger partial charge in [-0.15, -0.1) is 26.4 Å². The molecule has 17 heteroatoms. The maximum Gasteiger partial charge on any atom is 4.00 e. The zero-order valence-electron chi connectivity index (χ0n) is 29.5. The Morgan fingerprint density at radius 1 is 0.289 bits per heavy atom. The predicted octanol–water partition coefficient (Wildman–Crippen LogP) is -1.12. The van der Waals surface area contributed by atoms with Gasteiger partial charge in [-0.05, 0) is 0 Å². The molecular formula is C28H60HfO16. The quantitative estimate of drug-likeness (QED) is 0.0835. The summed E-state index contributed by atoms with van der Waals surface area (Å²) in [4.78, 5) is 0. The normalized spacial score (nSPS) is 11.7. The van der Waals surface area contributed by atoms with Gasteiger partial charge in [0.2, 0.25) is 0 Å². The molecule has 0 unspecified atom stereocenters. The van der Waals surface area contributed by atoms with Crippen LogP contribution < -0.4 is 20.4 Å². The van der Waals surface area contributed by atoms with Gasteiger partial charge in [0.05, 0.1) is 0 Å². The van der Waals surface area contributed by atoms with Crippen LogP contribution in [0.3, 0.4) is 0 Å². The molecule has 0 bridgehead atoms. The minimum Gasteiger partial charge on any atom is -0.854 e. The Bertz CT molecular complexity index is 432. The summed E-state index contributed by atoms with van der Waals surface area (Å²) in [6.45, 7) is -0.564. The zero-order chi connectivity index (χ0) is 35.0. The van der Waals surface area contributed by atoms with Gasteiger partial charge in [-0.1, -0.05) is 25.7 Å². The number of hydrogen-bond acceptors (Lipinski definition) is 16. The second kappa shape index (κ2) is 35.5. The maximum atomic E-state index is 10.2. The van der Waals surface area contributed by atoms with E-state index in [1.165, 1.54) is 85.3 Å². The first-order chi connectivity index (χ1) is 21.0. The van der Waals surface area contributed by atoms with Crippen LogP contribution in [-0.2, 0) is 82.7 Å². The fourth-order valence-corrected chi connectivity index (χ4v) is 3.38. The second-order valence-electron chi connectivity index (χ2n) is 8.41. The van der Waals surface area contributed by atoms with Gasteiger partial charge >= 0.3 is 25.8 Å². The van der Waals surface area contributed by atoms with Crippen molar-refractivity contribution in [3.05, 3.63) is 0 Å². The van der Waals surface area contributed by atoms with Gasteiger partial charge in [0.15, 0.2) is 0 Å². The summed E-state index contributed by atoms with van der Waals surface area (Å²) in [6, 6.07) is 0. The van der Waals surface area contributed by atoms with Crippen molar-refractivity contribution in [2.24, 2.45) is 0 Å². The fraction of sp³-hybridized carbons (Fsp3) is 1.00. The summed E-state index contributed by atoms with van der Waals surface area (Å²) in [6.07, 6.45) is 3.76. The van der Waals surface area contributed by atoms with Gasteiger partial charge in [0, 0.05) is 111 Å². The molecule has 0 atom stereocenters. The van der Waals surface area contributed by atoms with Crippen LogP contribution >= 0.6 is 0 Å². The van der Waals surface area contributed by atoms with Gasteiger partial charge in [-0.25, -0.2) is 0 Å². The van der Waals surface area contributed by atoms with Crippen molar-refractivity contribution in [3.8, 4) is 0 Å². The van der Waals surface area contributed by atoms with Crippen molar-refractivity contribution in [2.45, 2.75) is 75.3 Å². The minimum atomic E-state index is -1.02. The number of ether oxygens (including phenoxy) is 12.